The van der Waals surface area contributed by atoms with Crippen LogP contribution in [0.4, 0.5) is 0 Å². The zero-order valence-corrected chi connectivity index (χ0v) is 12.5. The maximum atomic E-state index is 11.7. The third-order valence-corrected chi connectivity index (χ3v) is 4.07. The van der Waals surface area contributed by atoms with E-state index in [-0.39, 0.29) is 5.91 Å². The third kappa shape index (κ3) is 4.90. The molecule has 0 saturated carbocycles. The minimum atomic E-state index is 0.0431. The summed E-state index contributed by atoms with van der Waals surface area (Å²) in [4.78, 5) is 18.6. The normalized spacial score (nSPS) is 10.4. The van der Waals surface area contributed by atoms with Crippen LogP contribution < -0.4 is 5.32 Å². The van der Waals surface area contributed by atoms with Crippen molar-refractivity contribution in [3.05, 3.63) is 53.1 Å². The SMILES string of the molecule is O=C(CSCc1ccccc1Cl)NCCc1cnc[nH]1. The number of nitrogens with one attached hydrogen (secondary N) is 2. The lowest BCUT2D eigenvalue weighted by atomic mass is 10.2. The number of hydrogen-bond donors (Lipinski definition) is 2. The first-order chi connectivity index (χ1) is 9.75. The fraction of sp³-hybridized carbons (Fsp3) is 0.286. The van der Waals surface area contributed by atoms with Gasteiger partial charge in [-0.05, 0) is 11.6 Å². The van der Waals surface area contributed by atoms with Crippen molar-refractivity contribution in [3.8, 4) is 0 Å². The van der Waals surface area contributed by atoms with E-state index in [1.54, 1.807) is 24.3 Å². The molecule has 4 nitrogen and oxygen atoms in total. The number of carbonyl (C=O) groups excluding carboxylic acids is 1. The molecule has 2 rings (SSSR count). The molecule has 106 valence electrons. The van der Waals surface area contributed by atoms with E-state index in [4.69, 9.17) is 11.6 Å². The average molecular weight is 310 g/mol. The number of benzene rings is 1. The summed E-state index contributed by atoms with van der Waals surface area (Å²) in [6, 6.07) is 7.69. The number of thioether (sulfide) groups is 1. The molecule has 0 unspecified atom stereocenters. The van der Waals surface area contributed by atoms with Crippen molar-refractivity contribution in [2.75, 3.05) is 12.3 Å². The molecular formula is C14H16ClN3OS. The van der Waals surface area contributed by atoms with Crippen molar-refractivity contribution in [1.82, 2.24) is 15.3 Å². The van der Waals surface area contributed by atoms with E-state index >= 15 is 0 Å². The highest BCUT2D eigenvalue weighted by molar-refractivity contribution is 7.99. The molecule has 0 radical (unpaired) electrons. The third-order valence-electron chi connectivity index (χ3n) is 2.72. The molecule has 0 bridgehead atoms. The Morgan fingerprint density at radius 1 is 1.40 bits per heavy atom. The first-order valence-electron chi connectivity index (χ1n) is 6.31. The van der Waals surface area contributed by atoms with Crippen molar-refractivity contribution < 1.29 is 4.79 Å². The fourth-order valence-corrected chi connectivity index (χ4v) is 2.82. The zero-order chi connectivity index (χ0) is 14.2. The molecule has 0 aliphatic heterocycles. The molecule has 0 fully saturated rings. The maximum Gasteiger partial charge on any atom is 0.230 e. The molecule has 0 atom stereocenters. The van der Waals surface area contributed by atoms with Crippen molar-refractivity contribution >= 4 is 29.3 Å². The highest BCUT2D eigenvalue weighted by Crippen LogP contribution is 2.20. The number of carbonyl (C=O) groups is 1. The summed E-state index contributed by atoms with van der Waals surface area (Å²) in [6.07, 6.45) is 4.16. The van der Waals surface area contributed by atoms with Gasteiger partial charge in [0, 0.05) is 35.6 Å². The molecule has 0 saturated heterocycles. The van der Waals surface area contributed by atoms with Gasteiger partial charge in [0.15, 0.2) is 0 Å². The summed E-state index contributed by atoms with van der Waals surface area (Å²) in [6.45, 7) is 0.619. The Kier molecular flexibility index (Phi) is 5.95. The number of aromatic nitrogens is 2. The molecule has 2 aromatic rings. The Labute approximate surface area is 127 Å². The van der Waals surface area contributed by atoms with Gasteiger partial charge in [-0.25, -0.2) is 4.98 Å². The van der Waals surface area contributed by atoms with Gasteiger partial charge >= 0.3 is 0 Å². The summed E-state index contributed by atoms with van der Waals surface area (Å²) in [5.74, 6) is 1.23. The zero-order valence-electron chi connectivity index (χ0n) is 10.9. The van der Waals surface area contributed by atoms with Gasteiger partial charge in [0.05, 0.1) is 12.1 Å². The summed E-state index contributed by atoms with van der Waals surface area (Å²) < 4.78 is 0. The van der Waals surface area contributed by atoms with Crippen LogP contribution in [0.5, 0.6) is 0 Å². The molecule has 1 aromatic heterocycles. The lowest BCUT2D eigenvalue weighted by Crippen LogP contribution is -2.27. The number of halogens is 1. The van der Waals surface area contributed by atoms with Crippen LogP contribution in [-0.4, -0.2) is 28.2 Å². The summed E-state index contributed by atoms with van der Waals surface area (Å²) >= 11 is 7.62. The van der Waals surface area contributed by atoms with Crippen LogP contribution in [-0.2, 0) is 17.0 Å². The molecule has 6 heteroatoms. The molecule has 0 aliphatic rings. The number of aromatic amines is 1. The molecular weight excluding hydrogens is 294 g/mol. The van der Waals surface area contributed by atoms with Crippen LogP contribution in [0.2, 0.25) is 5.02 Å². The second kappa shape index (κ2) is 7.97. The standard InChI is InChI=1S/C14H16ClN3OS/c15-13-4-2-1-3-11(13)8-20-9-14(19)17-6-5-12-7-16-10-18-12/h1-4,7,10H,5-6,8-9H2,(H,16,18)(H,17,19). The molecule has 1 heterocycles. The first kappa shape index (κ1) is 14.9. The van der Waals surface area contributed by atoms with Crippen LogP contribution in [0.3, 0.4) is 0 Å². The lowest BCUT2D eigenvalue weighted by Gasteiger charge is -2.05. The number of nitrogens with zero attached hydrogens (tertiary/aromatic N) is 1. The summed E-state index contributed by atoms with van der Waals surface area (Å²) in [5, 5.41) is 3.63. The van der Waals surface area contributed by atoms with Gasteiger partial charge in [-0.15, -0.1) is 11.8 Å². The quantitative estimate of drug-likeness (QED) is 0.826. The largest absolute Gasteiger partial charge is 0.355 e. The van der Waals surface area contributed by atoms with E-state index in [2.05, 4.69) is 15.3 Å². The van der Waals surface area contributed by atoms with Crippen LogP contribution in [0.25, 0.3) is 0 Å². The molecule has 20 heavy (non-hydrogen) atoms. The number of amides is 1. The van der Waals surface area contributed by atoms with E-state index in [1.165, 1.54) is 0 Å². The molecule has 0 spiro atoms. The Bertz CT molecular complexity index is 545. The van der Waals surface area contributed by atoms with Gasteiger partial charge in [0.25, 0.3) is 0 Å². The summed E-state index contributed by atoms with van der Waals surface area (Å²) in [7, 11) is 0. The predicted molar refractivity (Wildman–Crippen MR) is 82.9 cm³/mol. The van der Waals surface area contributed by atoms with Gasteiger partial charge in [0.2, 0.25) is 5.91 Å². The number of hydrogen-bond acceptors (Lipinski definition) is 3. The van der Waals surface area contributed by atoms with Crippen molar-refractivity contribution in [2.24, 2.45) is 0 Å². The minimum Gasteiger partial charge on any atom is -0.355 e. The van der Waals surface area contributed by atoms with Crippen molar-refractivity contribution in [1.29, 1.82) is 0 Å². The van der Waals surface area contributed by atoms with E-state index in [9.17, 15) is 4.79 Å². The van der Waals surface area contributed by atoms with Crippen molar-refractivity contribution in [3.63, 3.8) is 0 Å². The number of imidazole rings is 1. The van der Waals surface area contributed by atoms with Gasteiger partial charge in [-0.2, -0.15) is 0 Å². The van der Waals surface area contributed by atoms with E-state index in [0.717, 1.165) is 28.5 Å². The predicted octanol–water partition coefficient (Wildman–Crippen LogP) is 2.66. The Morgan fingerprint density at radius 3 is 3.00 bits per heavy atom. The van der Waals surface area contributed by atoms with Crippen LogP contribution in [0.15, 0.2) is 36.8 Å². The highest BCUT2D eigenvalue weighted by Gasteiger charge is 2.04. The van der Waals surface area contributed by atoms with Crippen LogP contribution >= 0.6 is 23.4 Å². The van der Waals surface area contributed by atoms with Gasteiger partial charge < -0.3 is 10.3 Å². The lowest BCUT2D eigenvalue weighted by molar-refractivity contribution is -0.118. The van der Waals surface area contributed by atoms with Crippen LogP contribution in [0, 0.1) is 0 Å². The van der Waals surface area contributed by atoms with Crippen molar-refractivity contribution in [2.45, 2.75) is 12.2 Å². The maximum absolute atomic E-state index is 11.7. The molecule has 2 N–H and O–H groups in total. The Morgan fingerprint density at radius 2 is 2.25 bits per heavy atom. The monoisotopic (exact) mass is 309 g/mol. The topological polar surface area (TPSA) is 57.8 Å². The number of H-pyrrole nitrogens is 1. The van der Waals surface area contributed by atoms with E-state index in [1.807, 2.05) is 24.3 Å². The van der Waals surface area contributed by atoms with Gasteiger partial charge in [-0.3, -0.25) is 4.79 Å². The second-order valence-electron chi connectivity index (χ2n) is 4.26. The molecule has 0 aliphatic carbocycles. The van der Waals surface area contributed by atoms with E-state index in [0.29, 0.717) is 12.3 Å². The van der Waals surface area contributed by atoms with Gasteiger partial charge in [-0.1, -0.05) is 29.8 Å². The second-order valence-corrected chi connectivity index (χ2v) is 5.65. The first-order valence-corrected chi connectivity index (χ1v) is 7.84. The Balaban J connectivity index is 1.62. The van der Waals surface area contributed by atoms with Crippen LogP contribution in [0.1, 0.15) is 11.3 Å². The molecule has 1 amide bonds. The van der Waals surface area contributed by atoms with E-state index < -0.39 is 0 Å². The molecule has 1 aromatic carbocycles. The number of rotatable bonds is 7. The van der Waals surface area contributed by atoms with Gasteiger partial charge in [0.1, 0.15) is 0 Å². The smallest absolute Gasteiger partial charge is 0.230 e. The highest BCUT2D eigenvalue weighted by atomic mass is 35.5. The average Bonchev–Trinajstić information content (AvgIpc) is 2.94. The fourth-order valence-electron chi connectivity index (χ4n) is 1.68. The minimum absolute atomic E-state index is 0.0431. The summed E-state index contributed by atoms with van der Waals surface area (Å²) in [5.41, 5.74) is 2.08. The Hall–Kier alpha value is -1.46.